The van der Waals surface area contributed by atoms with E-state index in [0.29, 0.717) is 23.7 Å². The van der Waals surface area contributed by atoms with Crippen molar-refractivity contribution in [1.29, 1.82) is 0 Å². The third-order valence-electron chi connectivity index (χ3n) is 2.96. The molecule has 0 aliphatic rings. The summed E-state index contributed by atoms with van der Waals surface area (Å²) >= 11 is 0. The summed E-state index contributed by atoms with van der Waals surface area (Å²) in [4.78, 5) is 12.2. The van der Waals surface area contributed by atoms with E-state index < -0.39 is 0 Å². The van der Waals surface area contributed by atoms with Crippen LogP contribution in [0, 0.1) is 5.92 Å². The molecule has 2 heteroatoms. The topological polar surface area (TPSA) is 26.3 Å². The van der Waals surface area contributed by atoms with Crippen LogP contribution in [0.5, 0.6) is 5.75 Å². The van der Waals surface area contributed by atoms with Crippen molar-refractivity contribution in [3.63, 3.8) is 0 Å². The number of carbonyl (C=O) groups is 1. The predicted octanol–water partition coefficient (Wildman–Crippen LogP) is 4.22. The van der Waals surface area contributed by atoms with Crippen molar-refractivity contribution >= 4 is 5.78 Å². The van der Waals surface area contributed by atoms with Gasteiger partial charge < -0.3 is 4.74 Å². The Morgan fingerprint density at radius 3 is 2.33 bits per heavy atom. The van der Waals surface area contributed by atoms with Crippen LogP contribution < -0.4 is 4.74 Å². The van der Waals surface area contributed by atoms with Gasteiger partial charge in [-0.15, -0.1) is 0 Å². The third kappa shape index (κ3) is 3.59. The molecule has 0 heterocycles. The fraction of sp³-hybridized carbons (Fsp3) is 0.562. The van der Waals surface area contributed by atoms with Crippen molar-refractivity contribution in [2.45, 2.75) is 46.5 Å². The number of hydrogen-bond donors (Lipinski definition) is 0. The minimum Gasteiger partial charge on any atom is -0.496 e. The molecule has 0 fully saturated rings. The van der Waals surface area contributed by atoms with Crippen molar-refractivity contribution < 1.29 is 9.53 Å². The van der Waals surface area contributed by atoms with E-state index in [1.54, 1.807) is 7.11 Å². The van der Waals surface area contributed by atoms with Gasteiger partial charge in [0.1, 0.15) is 5.75 Å². The summed E-state index contributed by atoms with van der Waals surface area (Å²) < 4.78 is 5.29. The highest BCUT2D eigenvalue weighted by Gasteiger charge is 2.19. The molecular weight excluding hydrogens is 224 g/mol. The number of hydrogen-bond acceptors (Lipinski definition) is 2. The Balaban J connectivity index is 3.18. The van der Waals surface area contributed by atoms with Gasteiger partial charge in [0.05, 0.1) is 12.7 Å². The Morgan fingerprint density at radius 2 is 1.89 bits per heavy atom. The minimum absolute atomic E-state index is 0.0408. The van der Waals surface area contributed by atoms with Gasteiger partial charge in [-0.1, -0.05) is 40.7 Å². The second kappa shape index (κ2) is 5.55. The average molecular weight is 248 g/mol. The molecule has 0 saturated heterocycles. The van der Waals surface area contributed by atoms with Gasteiger partial charge in [0.15, 0.2) is 5.78 Å². The first kappa shape index (κ1) is 14.7. The van der Waals surface area contributed by atoms with Crippen molar-refractivity contribution in [3.8, 4) is 5.75 Å². The molecule has 1 aromatic rings. The highest BCUT2D eigenvalue weighted by molar-refractivity contribution is 5.99. The molecule has 0 radical (unpaired) electrons. The summed E-state index contributed by atoms with van der Waals surface area (Å²) in [6.07, 6.45) is 0.559. The molecule has 0 amide bonds. The van der Waals surface area contributed by atoms with Gasteiger partial charge in [-0.3, -0.25) is 4.79 Å². The Labute approximate surface area is 110 Å². The first-order chi connectivity index (χ1) is 8.25. The van der Waals surface area contributed by atoms with E-state index in [1.807, 2.05) is 18.2 Å². The summed E-state index contributed by atoms with van der Waals surface area (Å²) in [6, 6.07) is 5.91. The standard InChI is InChI=1S/C16H24O2/c1-11(2)9-14(17)13-10-12(16(3,4)5)7-8-15(13)18-6/h7-8,10-11H,9H2,1-6H3. The molecule has 0 aliphatic carbocycles. The number of rotatable bonds is 4. The van der Waals surface area contributed by atoms with Gasteiger partial charge in [0.2, 0.25) is 0 Å². The lowest BCUT2D eigenvalue weighted by atomic mass is 9.85. The van der Waals surface area contributed by atoms with Crippen LogP contribution in [-0.4, -0.2) is 12.9 Å². The molecular formula is C16H24O2. The molecule has 2 nitrogen and oxygen atoms in total. The number of ketones is 1. The molecule has 0 atom stereocenters. The SMILES string of the molecule is COc1ccc(C(C)(C)C)cc1C(=O)CC(C)C. The molecule has 100 valence electrons. The molecule has 1 rings (SSSR count). The summed E-state index contributed by atoms with van der Waals surface area (Å²) in [7, 11) is 1.61. The summed E-state index contributed by atoms with van der Waals surface area (Å²) in [5.41, 5.74) is 1.91. The van der Waals surface area contributed by atoms with Crippen molar-refractivity contribution in [2.75, 3.05) is 7.11 Å². The van der Waals surface area contributed by atoms with Crippen LogP contribution in [-0.2, 0) is 5.41 Å². The minimum atomic E-state index is 0.0408. The maximum atomic E-state index is 12.2. The van der Waals surface area contributed by atoms with Gasteiger partial charge in [0, 0.05) is 6.42 Å². The summed E-state index contributed by atoms with van der Waals surface area (Å²) in [5, 5.41) is 0. The Hall–Kier alpha value is -1.31. The van der Waals surface area contributed by atoms with Gasteiger partial charge >= 0.3 is 0 Å². The van der Waals surface area contributed by atoms with Gasteiger partial charge in [0.25, 0.3) is 0 Å². The normalized spacial score (nSPS) is 11.7. The predicted molar refractivity (Wildman–Crippen MR) is 75.5 cm³/mol. The van der Waals surface area contributed by atoms with E-state index in [9.17, 15) is 4.79 Å². The lowest BCUT2D eigenvalue weighted by Gasteiger charge is -2.21. The van der Waals surface area contributed by atoms with E-state index >= 15 is 0 Å². The van der Waals surface area contributed by atoms with Gasteiger partial charge in [-0.25, -0.2) is 0 Å². The Kier molecular flexibility index (Phi) is 4.55. The van der Waals surface area contributed by atoms with Gasteiger partial charge in [-0.05, 0) is 29.0 Å². The molecule has 0 saturated carbocycles. The molecule has 0 unspecified atom stereocenters. The average Bonchev–Trinajstić information content (AvgIpc) is 2.26. The lowest BCUT2D eigenvalue weighted by Crippen LogP contribution is -2.13. The number of ether oxygens (including phenoxy) is 1. The van der Waals surface area contributed by atoms with Crippen LogP contribution >= 0.6 is 0 Å². The molecule has 0 N–H and O–H groups in total. The molecule has 0 aromatic heterocycles. The van der Waals surface area contributed by atoms with E-state index in [4.69, 9.17) is 4.74 Å². The smallest absolute Gasteiger partial charge is 0.166 e. The molecule has 1 aromatic carbocycles. The van der Waals surface area contributed by atoms with Crippen LogP contribution in [0.4, 0.5) is 0 Å². The Bertz CT molecular complexity index is 425. The van der Waals surface area contributed by atoms with E-state index in [1.165, 1.54) is 0 Å². The molecule has 0 bridgehead atoms. The van der Waals surface area contributed by atoms with E-state index in [2.05, 4.69) is 34.6 Å². The maximum Gasteiger partial charge on any atom is 0.166 e. The number of Topliss-reactive ketones (excluding diaryl/α,β-unsaturated/α-hetero) is 1. The second-order valence-corrected chi connectivity index (χ2v) is 6.19. The first-order valence-electron chi connectivity index (χ1n) is 6.47. The van der Waals surface area contributed by atoms with Crippen molar-refractivity contribution in [3.05, 3.63) is 29.3 Å². The van der Waals surface area contributed by atoms with Crippen molar-refractivity contribution in [2.24, 2.45) is 5.92 Å². The van der Waals surface area contributed by atoms with Gasteiger partial charge in [-0.2, -0.15) is 0 Å². The van der Waals surface area contributed by atoms with Crippen molar-refractivity contribution in [1.82, 2.24) is 0 Å². The summed E-state index contributed by atoms with van der Waals surface area (Å²) in [6.45, 7) is 10.5. The molecule has 18 heavy (non-hydrogen) atoms. The second-order valence-electron chi connectivity index (χ2n) is 6.19. The number of methoxy groups -OCH3 is 1. The van der Waals surface area contributed by atoms with E-state index in [0.717, 1.165) is 5.56 Å². The highest BCUT2D eigenvalue weighted by atomic mass is 16.5. The van der Waals surface area contributed by atoms with Crippen LogP contribution in [0.2, 0.25) is 0 Å². The zero-order valence-electron chi connectivity index (χ0n) is 12.3. The lowest BCUT2D eigenvalue weighted by molar-refractivity contribution is 0.0964. The quantitative estimate of drug-likeness (QED) is 0.746. The zero-order valence-corrected chi connectivity index (χ0v) is 12.3. The van der Waals surface area contributed by atoms with Crippen LogP contribution in [0.25, 0.3) is 0 Å². The fourth-order valence-corrected chi connectivity index (χ4v) is 1.87. The molecule has 0 spiro atoms. The number of benzene rings is 1. The summed E-state index contributed by atoms with van der Waals surface area (Å²) in [5.74, 6) is 1.20. The van der Waals surface area contributed by atoms with Crippen LogP contribution in [0.1, 0.15) is 57.0 Å². The van der Waals surface area contributed by atoms with E-state index in [-0.39, 0.29) is 11.2 Å². The monoisotopic (exact) mass is 248 g/mol. The maximum absolute atomic E-state index is 12.2. The zero-order chi connectivity index (χ0) is 13.9. The number of carbonyl (C=O) groups excluding carboxylic acids is 1. The largest absolute Gasteiger partial charge is 0.496 e. The molecule has 0 aliphatic heterocycles. The van der Waals surface area contributed by atoms with Crippen LogP contribution in [0.3, 0.4) is 0 Å². The Morgan fingerprint density at radius 1 is 1.28 bits per heavy atom. The highest BCUT2D eigenvalue weighted by Crippen LogP contribution is 2.29. The van der Waals surface area contributed by atoms with Crippen LogP contribution in [0.15, 0.2) is 18.2 Å². The third-order valence-corrected chi connectivity index (χ3v) is 2.96. The fourth-order valence-electron chi connectivity index (χ4n) is 1.87. The first-order valence-corrected chi connectivity index (χ1v) is 6.47.